The van der Waals surface area contributed by atoms with E-state index in [4.69, 9.17) is 18.9 Å². The fourth-order valence-electron chi connectivity index (χ4n) is 4.03. The molecule has 0 radical (unpaired) electrons. The number of thiazole rings is 1. The molecule has 0 aliphatic rings. The number of sulfonamides is 1. The van der Waals surface area contributed by atoms with Gasteiger partial charge in [-0.1, -0.05) is 31.6 Å². The number of amides is 1. The fraction of sp³-hybridized carbons (Fsp3) is 0.333. The van der Waals surface area contributed by atoms with E-state index in [2.05, 4.69) is 0 Å². The number of ether oxygens (including phenoxy) is 2. The number of aromatic nitrogens is 1. The Kier molecular flexibility index (Phi) is 8.70. The molecule has 2 heterocycles. The van der Waals surface area contributed by atoms with E-state index < -0.39 is 10.0 Å². The maximum absolute atomic E-state index is 13.8. The third kappa shape index (κ3) is 5.54. The van der Waals surface area contributed by atoms with E-state index in [-0.39, 0.29) is 17.3 Å². The maximum atomic E-state index is 13.8. The quantitative estimate of drug-likeness (QED) is 0.225. The molecule has 0 spiro atoms. The summed E-state index contributed by atoms with van der Waals surface area (Å²) in [6.07, 6.45) is 3.22. The van der Waals surface area contributed by atoms with Crippen molar-refractivity contribution >= 4 is 42.6 Å². The van der Waals surface area contributed by atoms with Gasteiger partial charge >= 0.3 is 0 Å². The number of fused-ring (bicyclic) bond motifs is 1. The molecule has 2 aromatic heterocycles. The molecule has 0 fully saturated rings. The number of methoxy groups -OCH3 is 2. The highest BCUT2D eigenvalue weighted by molar-refractivity contribution is 7.89. The van der Waals surface area contributed by atoms with Gasteiger partial charge in [0.05, 0.1) is 31.9 Å². The maximum Gasteiger partial charge on any atom is 0.260 e. The van der Waals surface area contributed by atoms with Crippen LogP contribution in [-0.2, 0) is 16.6 Å². The number of carbonyl (C=O) groups excluding carboxylic acids is 1. The highest BCUT2D eigenvalue weighted by atomic mass is 32.2. The highest BCUT2D eigenvalue weighted by Crippen LogP contribution is 2.40. The van der Waals surface area contributed by atoms with Gasteiger partial charge in [0.2, 0.25) is 10.0 Å². The molecule has 1 amide bonds. The van der Waals surface area contributed by atoms with Crippen molar-refractivity contribution in [1.29, 1.82) is 0 Å². The normalized spacial score (nSPS) is 11.7. The summed E-state index contributed by atoms with van der Waals surface area (Å²) in [7, 11) is -0.524. The smallest absolute Gasteiger partial charge is 0.260 e. The summed E-state index contributed by atoms with van der Waals surface area (Å²) in [6, 6.07) is 13.1. The Balaban J connectivity index is 1.71. The number of hydrogen-bond acceptors (Lipinski definition) is 8. The van der Waals surface area contributed by atoms with E-state index in [9.17, 15) is 13.2 Å². The van der Waals surface area contributed by atoms with Gasteiger partial charge in [0, 0.05) is 18.7 Å². The van der Waals surface area contributed by atoms with Gasteiger partial charge in [-0.25, -0.2) is 13.4 Å². The topological polar surface area (TPSA) is 102 Å². The molecule has 11 heteroatoms. The molecule has 38 heavy (non-hydrogen) atoms. The van der Waals surface area contributed by atoms with Crippen LogP contribution in [0, 0.1) is 0 Å². The van der Waals surface area contributed by atoms with Crippen molar-refractivity contribution in [3.05, 3.63) is 66.1 Å². The molecule has 0 unspecified atom stereocenters. The average Bonchev–Trinajstić information content (AvgIpc) is 3.61. The molecule has 0 saturated heterocycles. The van der Waals surface area contributed by atoms with E-state index in [1.54, 1.807) is 44.7 Å². The number of unbranched alkanes of at least 4 members (excludes halogenated alkanes) is 1. The Morgan fingerprint density at radius 2 is 1.74 bits per heavy atom. The lowest BCUT2D eigenvalue weighted by Gasteiger charge is -2.21. The minimum atomic E-state index is -3.66. The number of furan rings is 1. The summed E-state index contributed by atoms with van der Waals surface area (Å²) in [6.45, 7) is 4.81. The van der Waals surface area contributed by atoms with Gasteiger partial charge in [-0.15, -0.1) is 0 Å². The van der Waals surface area contributed by atoms with E-state index in [0.717, 1.165) is 17.5 Å². The average molecular weight is 558 g/mol. The van der Waals surface area contributed by atoms with Crippen molar-refractivity contribution in [2.45, 2.75) is 38.1 Å². The molecule has 0 saturated carbocycles. The molecule has 9 nitrogen and oxygen atoms in total. The predicted octanol–water partition coefficient (Wildman–Crippen LogP) is 5.56. The van der Waals surface area contributed by atoms with E-state index in [0.29, 0.717) is 46.6 Å². The van der Waals surface area contributed by atoms with Crippen LogP contribution >= 0.6 is 11.3 Å². The van der Waals surface area contributed by atoms with Crippen LogP contribution in [0.2, 0.25) is 0 Å². The molecular formula is C27H31N3O6S2. The lowest BCUT2D eigenvalue weighted by molar-refractivity contribution is 0.0983. The van der Waals surface area contributed by atoms with Gasteiger partial charge in [0.15, 0.2) is 5.13 Å². The first-order valence-electron chi connectivity index (χ1n) is 12.3. The SMILES string of the molecule is CCCCN(CC)S(=O)(=O)c1ccc(C(=O)N(Cc2ccco2)c2nc3c(OC)ccc(OC)c3s2)cc1. The Morgan fingerprint density at radius 3 is 2.34 bits per heavy atom. The highest BCUT2D eigenvalue weighted by Gasteiger charge is 2.27. The summed E-state index contributed by atoms with van der Waals surface area (Å²) in [5.41, 5.74) is 0.905. The molecule has 0 bridgehead atoms. The molecule has 0 atom stereocenters. The minimum Gasteiger partial charge on any atom is -0.495 e. The van der Waals surface area contributed by atoms with E-state index in [1.807, 2.05) is 13.8 Å². The van der Waals surface area contributed by atoms with Crippen LogP contribution in [0.3, 0.4) is 0 Å². The lowest BCUT2D eigenvalue weighted by atomic mass is 10.2. The van der Waals surface area contributed by atoms with Gasteiger partial charge in [0.1, 0.15) is 27.5 Å². The summed E-state index contributed by atoms with van der Waals surface area (Å²) in [5, 5.41) is 0.428. The molecule has 2 aromatic carbocycles. The third-order valence-corrected chi connectivity index (χ3v) is 9.20. The molecule has 4 rings (SSSR count). The summed E-state index contributed by atoms with van der Waals surface area (Å²) in [5.74, 6) is 1.41. The van der Waals surface area contributed by atoms with Crippen molar-refractivity contribution < 1.29 is 27.1 Å². The molecular weight excluding hydrogens is 526 g/mol. The fourth-order valence-corrected chi connectivity index (χ4v) is 6.59. The summed E-state index contributed by atoms with van der Waals surface area (Å²) < 4.78 is 44.9. The van der Waals surface area contributed by atoms with E-state index >= 15 is 0 Å². The first-order chi connectivity index (χ1) is 18.3. The number of benzene rings is 2. The molecule has 202 valence electrons. The van der Waals surface area contributed by atoms with Crippen molar-refractivity contribution in [1.82, 2.24) is 9.29 Å². The van der Waals surface area contributed by atoms with Crippen molar-refractivity contribution in [2.75, 3.05) is 32.2 Å². The molecule has 0 aliphatic heterocycles. The number of hydrogen-bond donors (Lipinski definition) is 0. The monoisotopic (exact) mass is 557 g/mol. The van der Waals surface area contributed by atoms with Gasteiger partial charge in [-0.3, -0.25) is 9.69 Å². The Morgan fingerprint density at radius 1 is 1.03 bits per heavy atom. The Labute approximate surface area is 226 Å². The second-order valence-corrected chi connectivity index (χ2v) is 11.4. The third-order valence-electron chi connectivity index (χ3n) is 6.12. The van der Waals surface area contributed by atoms with Crippen LogP contribution in [0.25, 0.3) is 10.2 Å². The largest absolute Gasteiger partial charge is 0.495 e. The van der Waals surface area contributed by atoms with Crippen LogP contribution in [0.4, 0.5) is 5.13 Å². The zero-order chi connectivity index (χ0) is 27.3. The number of anilines is 1. The van der Waals surface area contributed by atoms with Gasteiger partial charge in [-0.2, -0.15) is 4.31 Å². The number of nitrogens with zero attached hydrogens (tertiary/aromatic N) is 3. The van der Waals surface area contributed by atoms with Crippen LogP contribution in [-0.4, -0.2) is 50.9 Å². The zero-order valence-electron chi connectivity index (χ0n) is 21.8. The van der Waals surface area contributed by atoms with Crippen LogP contribution in [0.15, 0.2) is 64.1 Å². The Bertz CT molecular complexity index is 1440. The molecule has 0 aliphatic carbocycles. The molecule has 0 N–H and O–H groups in total. The first-order valence-corrected chi connectivity index (χ1v) is 14.6. The minimum absolute atomic E-state index is 0.136. The van der Waals surface area contributed by atoms with Crippen LogP contribution in [0.1, 0.15) is 42.8 Å². The summed E-state index contributed by atoms with van der Waals surface area (Å²) in [4.78, 5) is 20.1. The van der Waals surface area contributed by atoms with Gasteiger partial charge in [0.25, 0.3) is 5.91 Å². The zero-order valence-corrected chi connectivity index (χ0v) is 23.5. The number of rotatable bonds is 12. The second kappa shape index (κ2) is 12.0. The summed E-state index contributed by atoms with van der Waals surface area (Å²) >= 11 is 1.30. The van der Waals surface area contributed by atoms with E-state index in [1.165, 1.54) is 44.8 Å². The van der Waals surface area contributed by atoms with Gasteiger partial charge in [-0.05, 0) is 55.0 Å². The number of carbonyl (C=O) groups is 1. The van der Waals surface area contributed by atoms with Crippen molar-refractivity contribution in [2.24, 2.45) is 0 Å². The second-order valence-electron chi connectivity index (χ2n) is 8.49. The molecule has 4 aromatic rings. The lowest BCUT2D eigenvalue weighted by Crippen LogP contribution is -2.32. The van der Waals surface area contributed by atoms with Crippen LogP contribution < -0.4 is 14.4 Å². The predicted molar refractivity (Wildman–Crippen MR) is 148 cm³/mol. The van der Waals surface area contributed by atoms with Gasteiger partial charge < -0.3 is 13.9 Å². The van der Waals surface area contributed by atoms with Crippen molar-refractivity contribution in [3.63, 3.8) is 0 Å². The first kappa shape index (κ1) is 27.6. The standard InChI is InChI=1S/C27H31N3O6S2/c1-5-7-16-29(6-2)38(32,33)21-12-10-19(11-13-21)26(31)30(18-20-9-8-17-36-20)27-28-24-22(34-3)14-15-23(35-4)25(24)37-27/h8-15,17H,5-7,16,18H2,1-4H3. The van der Waals surface area contributed by atoms with Crippen LogP contribution in [0.5, 0.6) is 11.5 Å². The van der Waals surface area contributed by atoms with Crippen molar-refractivity contribution in [3.8, 4) is 11.5 Å². The Hall–Kier alpha value is -3.41.